The molecule has 0 radical (unpaired) electrons. The Balaban J connectivity index is 3.15. The van der Waals surface area contributed by atoms with Gasteiger partial charge in [0, 0.05) is 11.6 Å². The van der Waals surface area contributed by atoms with E-state index < -0.39 is 24.3 Å². The quantitative estimate of drug-likeness (QED) is 0.593. The molecule has 0 spiro atoms. The number of aliphatic hydroxyl groups is 1. The van der Waals surface area contributed by atoms with Crippen LogP contribution in [0.3, 0.4) is 0 Å². The number of benzene rings is 1. The first-order valence-electron chi connectivity index (χ1n) is 3.67. The van der Waals surface area contributed by atoms with Crippen molar-refractivity contribution in [3.63, 3.8) is 0 Å². The molecule has 1 rings (SSSR count). The van der Waals surface area contributed by atoms with Crippen LogP contribution in [0.15, 0.2) is 12.1 Å². The van der Waals surface area contributed by atoms with E-state index in [4.69, 9.17) is 16.6 Å². The molecule has 5 heteroatoms. The third-order valence-electron chi connectivity index (χ3n) is 1.71. The number of halogens is 2. The van der Waals surface area contributed by atoms with E-state index in [0.29, 0.717) is 0 Å². The molecular weight excluding hydrogens is 178 g/mol. The number of anilines is 1. The van der Waals surface area contributed by atoms with E-state index in [2.05, 4.69) is 0 Å². The van der Waals surface area contributed by atoms with Gasteiger partial charge >= 0.3 is 0 Å². The highest BCUT2D eigenvalue weighted by Crippen LogP contribution is 2.20. The summed E-state index contributed by atoms with van der Waals surface area (Å²) >= 11 is 0. The Hall–Kier alpha value is -1.20. The fraction of sp³-hybridized carbons (Fsp3) is 0.250. The molecule has 1 aromatic rings. The number of aliphatic hydroxyl groups excluding tert-OH is 1. The topological polar surface area (TPSA) is 72.3 Å². The van der Waals surface area contributed by atoms with E-state index in [1.807, 2.05) is 0 Å². The van der Waals surface area contributed by atoms with Crippen LogP contribution in [0, 0.1) is 11.6 Å². The number of rotatable bonds is 2. The molecule has 3 nitrogen and oxygen atoms in total. The van der Waals surface area contributed by atoms with E-state index in [1.165, 1.54) is 0 Å². The minimum absolute atomic E-state index is 0.0748. The highest BCUT2D eigenvalue weighted by molar-refractivity contribution is 5.43. The number of nitrogens with two attached hydrogens (primary N) is 2. The Morgan fingerprint density at radius 1 is 1.31 bits per heavy atom. The maximum absolute atomic E-state index is 13.0. The smallest absolute Gasteiger partial charge is 0.146 e. The van der Waals surface area contributed by atoms with Crippen molar-refractivity contribution < 1.29 is 13.9 Å². The summed E-state index contributed by atoms with van der Waals surface area (Å²) in [4.78, 5) is 0. The maximum Gasteiger partial charge on any atom is 0.146 e. The van der Waals surface area contributed by atoms with Gasteiger partial charge in [-0.25, -0.2) is 8.78 Å². The predicted octanol–water partition coefficient (Wildman–Crippen LogP) is 0.539. The molecule has 1 aromatic carbocycles. The normalized spacial score (nSPS) is 12.9. The monoisotopic (exact) mass is 188 g/mol. The molecular formula is C8H10F2N2O. The molecule has 0 aliphatic heterocycles. The van der Waals surface area contributed by atoms with Crippen molar-refractivity contribution in [1.29, 1.82) is 0 Å². The van der Waals surface area contributed by atoms with Gasteiger partial charge in [0.1, 0.15) is 11.6 Å². The number of hydrogen-bond acceptors (Lipinski definition) is 3. The second kappa shape index (κ2) is 3.67. The minimum Gasteiger partial charge on any atom is -0.396 e. The first kappa shape index (κ1) is 9.88. The number of hydrogen-bond donors (Lipinski definition) is 3. The molecule has 0 bridgehead atoms. The van der Waals surface area contributed by atoms with Gasteiger partial charge in [-0.05, 0) is 6.07 Å². The molecule has 0 fully saturated rings. The Morgan fingerprint density at radius 2 is 1.92 bits per heavy atom. The molecule has 0 unspecified atom stereocenters. The molecule has 0 amide bonds. The fourth-order valence-corrected chi connectivity index (χ4v) is 0.960. The first-order chi connectivity index (χ1) is 6.06. The summed E-state index contributed by atoms with van der Waals surface area (Å²) in [6, 6.07) is 0.821. The van der Waals surface area contributed by atoms with E-state index in [1.54, 1.807) is 0 Å². The average molecular weight is 188 g/mol. The molecule has 0 aromatic heterocycles. The maximum atomic E-state index is 13.0. The van der Waals surface area contributed by atoms with Crippen LogP contribution < -0.4 is 11.5 Å². The SMILES string of the molecule is Nc1cc(F)c([C@H](N)CO)cc1F. The summed E-state index contributed by atoms with van der Waals surface area (Å²) in [5.41, 5.74) is 10.1. The standard InChI is InChI=1S/C8H10F2N2O/c9-5-2-7(11)6(10)1-4(5)8(12)3-13/h1-2,8,13H,3,11-12H2/t8-/m1/s1. The summed E-state index contributed by atoms with van der Waals surface area (Å²) in [5.74, 6) is -1.44. The van der Waals surface area contributed by atoms with Crippen molar-refractivity contribution in [1.82, 2.24) is 0 Å². The Labute approximate surface area is 74.0 Å². The minimum atomic E-state index is -0.921. The molecule has 0 aliphatic carbocycles. The van der Waals surface area contributed by atoms with E-state index in [0.717, 1.165) is 12.1 Å². The van der Waals surface area contributed by atoms with Crippen molar-refractivity contribution in [3.8, 4) is 0 Å². The average Bonchev–Trinajstić information content (AvgIpc) is 2.10. The molecule has 0 saturated heterocycles. The van der Waals surface area contributed by atoms with Gasteiger partial charge in [0.15, 0.2) is 0 Å². The predicted molar refractivity (Wildman–Crippen MR) is 44.8 cm³/mol. The summed E-state index contributed by atoms with van der Waals surface area (Å²) in [7, 11) is 0. The summed E-state index contributed by atoms with van der Waals surface area (Å²) in [6.45, 7) is -0.444. The van der Waals surface area contributed by atoms with Crippen LogP contribution in [0.25, 0.3) is 0 Å². The van der Waals surface area contributed by atoms with Gasteiger partial charge in [0.2, 0.25) is 0 Å². The third kappa shape index (κ3) is 1.93. The van der Waals surface area contributed by atoms with Crippen molar-refractivity contribution in [2.75, 3.05) is 12.3 Å². The lowest BCUT2D eigenvalue weighted by atomic mass is 10.1. The second-order valence-electron chi connectivity index (χ2n) is 2.68. The molecule has 0 heterocycles. The van der Waals surface area contributed by atoms with Gasteiger partial charge in [-0.3, -0.25) is 0 Å². The highest BCUT2D eigenvalue weighted by Gasteiger charge is 2.13. The fourth-order valence-electron chi connectivity index (χ4n) is 0.960. The largest absolute Gasteiger partial charge is 0.396 e. The van der Waals surface area contributed by atoms with Crippen LogP contribution in [0.4, 0.5) is 14.5 Å². The van der Waals surface area contributed by atoms with E-state index in [9.17, 15) is 8.78 Å². The Kier molecular flexibility index (Phi) is 2.79. The lowest BCUT2D eigenvalue weighted by Crippen LogP contribution is -2.16. The van der Waals surface area contributed by atoms with Gasteiger partial charge < -0.3 is 16.6 Å². The zero-order valence-electron chi connectivity index (χ0n) is 6.80. The van der Waals surface area contributed by atoms with Crippen LogP contribution in [0.1, 0.15) is 11.6 Å². The first-order valence-corrected chi connectivity index (χ1v) is 3.67. The summed E-state index contributed by atoms with van der Waals surface area (Å²) < 4.78 is 25.9. The molecule has 0 aliphatic rings. The van der Waals surface area contributed by atoms with Crippen LogP contribution in [-0.4, -0.2) is 11.7 Å². The van der Waals surface area contributed by atoms with Gasteiger partial charge in [-0.2, -0.15) is 0 Å². The van der Waals surface area contributed by atoms with Gasteiger partial charge in [0.05, 0.1) is 18.3 Å². The van der Waals surface area contributed by atoms with Crippen molar-refractivity contribution in [2.45, 2.75) is 6.04 Å². The summed E-state index contributed by atoms with van der Waals surface area (Å²) in [5, 5.41) is 8.63. The molecule has 5 N–H and O–H groups in total. The van der Waals surface area contributed by atoms with Gasteiger partial charge in [0.25, 0.3) is 0 Å². The van der Waals surface area contributed by atoms with Crippen molar-refractivity contribution in [2.24, 2.45) is 5.73 Å². The Bertz CT molecular complexity index is 317. The molecule has 1 atom stereocenters. The van der Waals surface area contributed by atoms with E-state index >= 15 is 0 Å². The van der Waals surface area contributed by atoms with Crippen LogP contribution in [0.5, 0.6) is 0 Å². The van der Waals surface area contributed by atoms with Gasteiger partial charge in [-0.1, -0.05) is 0 Å². The zero-order chi connectivity index (χ0) is 10.0. The summed E-state index contributed by atoms with van der Waals surface area (Å²) in [6.07, 6.45) is 0. The Morgan fingerprint density at radius 3 is 2.46 bits per heavy atom. The lowest BCUT2D eigenvalue weighted by molar-refractivity contribution is 0.265. The van der Waals surface area contributed by atoms with Crippen LogP contribution in [-0.2, 0) is 0 Å². The van der Waals surface area contributed by atoms with Gasteiger partial charge in [-0.15, -0.1) is 0 Å². The zero-order valence-corrected chi connectivity index (χ0v) is 6.80. The lowest BCUT2D eigenvalue weighted by Gasteiger charge is -2.10. The third-order valence-corrected chi connectivity index (χ3v) is 1.71. The second-order valence-corrected chi connectivity index (χ2v) is 2.68. The van der Waals surface area contributed by atoms with Crippen molar-refractivity contribution in [3.05, 3.63) is 29.3 Å². The molecule has 72 valence electrons. The number of nitrogen functional groups attached to an aromatic ring is 1. The van der Waals surface area contributed by atoms with Crippen LogP contribution in [0.2, 0.25) is 0 Å². The van der Waals surface area contributed by atoms with Crippen LogP contribution >= 0.6 is 0 Å². The van der Waals surface area contributed by atoms with Crippen molar-refractivity contribution >= 4 is 5.69 Å². The van der Waals surface area contributed by atoms with E-state index in [-0.39, 0.29) is 11.3 Å². The molecule has 13 heavy (non-hydrogen) atoms. The molecule has 0 saturated carbocycles. The highest BCUT2D eigenvalue weighted by atomic mass is 19.1.